The summed E-state index contributed by atoms with van der Waals surface area (Å²) in [6.07, 6.45) is 3.47. The number of aryl methyl sites for hydroxylation is 1. The molecule has 3 aromatic rings. The molecule has 0 amide bonds. The summed E-state index contributed by atoms with van der Waals surface area (Å²) in [4.78, 5) is 4.57. The minimum absolute atomic E-state index is 0.0107. The highest BCUT2D eigenvalue weighted by atomic mass is 32.1. The second kappa shape index (κ2) is 8.10. The van der Waals surface area contributed by atoms with E-state index in [1.165, 1.54) is 24.0 Å². The van der Waals surface area contributed by atoms with E-state index in [2.05, 4.69) is 9.72 Å². The SMILES string of the molecule is COc1cccc(/C=C/c2nc(-c3ccc(C)cc3)cs2)c1OC(F)F. The Morgan fingerprint density at radius 1 is 1.08 bits per heavy atom. The summed E-state index contributed by atoms with van der Waals surface area (Å²) in [6, 6.07) is 13.1. The fraction of sp³-hybridized carbons (Fsp3) is 0.150. The van der Waals surface area contributed by atoms with Crippen LogP contribution in [-0.2, 0) is 0 Å². The van der Waals surface area contributed by atoms with Crippen LogP contribution in [0.4, 0.5) is 8.78 Å². The number of para-hydroxylation sites is 1. The first-order valence-corrected chi connectivity index (χ1v) is 8.77. The third-order valence-corrected chi connectivity index (χ3v) is 4.52. The van der Waals surface area contributed by atoms with Gasteiger partial charge in [-0.3, -0.25) is 0 Å². The van der Waals surface area contributed by atoms with Crippen molar-refractivity contribution in [2.24, 2.45) is 0 Å². The number of rotatable bonds is 6. The zero-order valence-electron chi connectivity index (χ0n) is 14.3. The lowest BCUT2D eigenvalue weighted by molar-refractivity contribution is -0.0513. The van der Waals surface area contributed by atoms with Crippen LogP contribution in [0.2, 0.25) is 0 Å². The van der Waals surface area contributed by atoms with Gasteiger partial charge in [0.05, 0.1) is 12.8 Å². The normalized spacial score (nSPS) is 11.3. The zero-order chi connectivity index (χ0) is 18.5. The summed E-state index contributed by atoms with van der Waals surface area (Å²) in [5.74, 6) is 0.267. The molecule has 26 heavy (non-hydrogen) atoms. The van der Waals surface area contributed by atoms with E-state index < -0.39 is 6.61 Å². The van der Waals surface area contributed by atoms with Crippen LogP contribution in [0.1, 0.15) is 16.1 Å². The molecule has 1 heterocycles. The van der Waals surface area contributed by atoms with Crippen LogP contribution in [0.5, 0.6) is 11.5 Å². The van der Waals surface area contributed by atoms with Crippen molar-refractivity contribution >= 4 is 23.5 Å². The van der Waals surface area contributed by atoms with Crippen LogP contribution in [-0.4, -0.2) is 18.7 Å². The second-order valence-corrected chi connectivity index (χ2v) is 6.42. The Kier molecular flexibility index (Phi) is 5.63. The number of hydrogen-bond acceptors (Lipinski definition) is 4. The Morgan fingerprint density at radius 3 is 2.54 bits per heavy atom. The van der Waals surface area contributed by atoms with E-state index in [1.54, 1.807) is 30.4 Å². The van der Waals surface area contributed by atoms with Crippen LogP contribution in [0.15, 0.2) is 47.8 Å². The van der Waals surface area contributed by atoms with E-state index in [9.17, 15) is 8.78 Å². The first kappa shape index (κ1) is 18.1. The topological polar surface area (TPSA) is 31.4 Å². The van der Waals surface area contributed by atoms with Gasteiger partial charge in [-0.2, -0.15) is 8.78 Å². The maximum atomic E-state index is 12.7. The third kappa shape index (κ3) is 4.26. The fourth-order valence-electron chi connectivity index (χ4n) is 2.42. The van der Waals surface area contributed by atoms with Crippen molar-refractivity contribution in [1.82, 2.24) is 4.98 Å². The number of alkyl halides is 2. The molecule has 0 aliphatic carbocycles. The number of ether oxygens (including phenoxy) is 2. The average Bonchev–Trinajstić information content (AvgIpc) is 3.10. The van der Waals surface area contributed by atoms with E-state index in [-0.39, 0.29) is 11.5 Å². The molecule has 0 saturated carbocycles. The van der Waals surface area contributed by atoms with Crippen LogP contribution in [0.25, 0.3) is 23.4 Å². The molecule has 2 aromatic carbocycles. The van der Waals surface area contributed by atoms with Gasteiger partial charge in [-0.1, -0.05) is 42.0 Å². The van der Waals surface area contributed by atoms with Crippen molar-refractivity contribution in [3.63, 3.8) is 0 Å². The Balaban J connectivity index is 1.85. The van der Waals surface area contributed by atoms with Gasteiger partial charge in [-0.15, -0.1) is 11.3 Å². The van der Waals surface area contributed by atoms with Gasteiger partial charge in [-0.25, -0.2) is 4.98 Å². The highest BCUT2D eigenvalue weighted by Gasteiger charge is 2.14. The monoisotopic (exact) mass is 373 g/mol. The predicted molar refractivity (Wildman–Crippen MR) is 101 cm³/mol. The summed E-state index contributed by atoms with van der Waals surface area (Å²) in [7, 11) is 1.41. The lowest BCUT2D eigenvalue weighted by Crippen LogP contribution is -2.04. The molecule has 0 bridgehead atoms. The van der Waals surface area contributed by atoms with E-state index in [0.29, 0.717) is 5.56 Å². The zero-order valence-corrected chi connectivity index (χ0v) is 15.1. The lowest BCUT2D eigenvalue weighted by atomic mass is 10.1. The van der Waals surface area contributed by atoms with Crippen molar-refractivity contribution in [2.75, 3.05) is 7.11 Å². The second-order valence-electron chi connectivity index (χ2n) is 5.53. The molecule has 0 aliphatic rings. The highest BCUT2D eigenvalue weighted by Crippen LogP contribution is 2.34. The fourth-order valence-corrected chi connectivity index (χ4v) is 3.14. The third-order valence-electron chi connectivity index (χ3n) is 3.71. The standard InChI is InChI=1S/C20H17F2NO2S/c1-13-6-8-14(9-7-13)16-12-26-18(23-16)11-10-15-4-3-5-17(24-2)19(15)25-20(21)22/h3-12,20H,1-2H3/b11-10+. The van der Waals surface area contributed by atoms with E-state index in [0.717, 1.165) is 16.3 Å². The Hall–Kier alpha value is -2.73. The van der Waals surface area contributed by atoms with Gasteiger partial charge in [-0.05, 0) is 25.1 Å². The first-order valence-electron chi connectivity index (χ1n) is 7.89. The Bertz CT molecular complexity index is 904. The highest BCUT2D eigenvalue weighted by molar-refractivity contribution is 7.10. The molecule has 0 N–H and O–H groups in total. The molecule has 134 valence electrons. The minimum atomic E-state index is -2.92. The van der Waals surface area contributed by atoms with Gasteiger partial charge in [0.2, 0.25) is 0 Å². The molecule has 0 saturated heterocycles. The van der Waals surface area contributed by atoms with Crippen LogP contribution < -0.4 is 9.47 Å². The number of halogens is 2. The number of aromatic nitrogens is 1. The molecular formula is C20H17F2NO2S. The summed E-state index contributed by atoms with van der Waals surface area (Å²) in [5, 5.41) is 2.73. The van der Waals surface area contributed by atoms with E-state index in [4.69, 9.17) is 4.74 Å². The molecule has 6 heteroatoms. The number of nitrogens with zero attached hydrogens (tertiary/aromatic N) is 1. The number of methoxy groups -OCH3 is 1. The predicted octanol–water partition coefficient (Wildman–Crippen LogP) is 5.90. The quantitative estimate of drug-likeness (QED) is 0.539. The average molecular weight is 373 g/mol. The van der Waals surface area contributed by atoms with Gasteiger partial charge < -0.3 is 9.47 Å². The van der Waals surface area contributed by atoms with E-state index >= 15 is 0 Å². The van der Waals surface area contributed by atoms with Crippen LogP contribution >= 0.6 is 11.3 Å². The molecule has 0 aliphatic heterocycles. The van der Waals surface area contributed by atoms with Gasteiger partial charge >= 0.3 is 6.61 Å². The largest absolute Gasteiger partial charge is 0.493 e. The van der Waals surface area contributed by atoms with Crippen molar-refractivity contribution < 1.29 is 18.3 Å². The summed E-state index contributed by atoms with van der Waals surface area (Å²) >= 11 is 1.48. The Morgan fingerprint density at radius 2 is 1.85 bits per heavy atom. The van der Waals surface area contributed by atoms with Crippen LogP contribution in [0.3, 0.4) is 0 Å². The van der Waals surface area contributed by atoms with Crippen molar-refractivity contribution in [2.45, 2.75) is 13.5 Å². The van der Waals surface area contributed by atoms with Gasteiger partial charge in [0.15, 0.2) is 11.5 Å². The van der Waals surface area contributed by atoms with Crippen molar-refractivity contribution in [3.05, 3.63) is 64.0 Å². The summed E-state index contributed by atoms with van der Waals surface area (Å²) in [6.45, 7) is -0.891. The molecule has 1 aromatic heterocycles. The molecule has 3 nitrogen and oxygen atoms in total. The van der Waals surface area contributed by atoms with Gasteiger partial charge in [0.1, 0.15) is 5.01 Å². The van der Waals surface area contributed by atoms with Crippen molar-refractivity contribution in [3.8, 4) is 22.8 Å². The van der Waals surface area contributed by atoms with Gasteiger partial charge in [0, 0.05) is 16.5 Å². The lowest BCUT2D eigenvalue weighted by Gasteiger charge is -2.12. The smallest absolute Gasteiger partial charge is 0.387 e. The molecule has 0 fully saturated rings. The first-order chi connectivity index (χ1) is 12.6. The molecular weight excluding hydrogens is 356 g/mol. The summed E-state index contributed by atoms with van der Waals surface area (Å²) < 4.78 is 35.1. The van der Waals surface area contributed by atoms with E-state index in [1.807, 2.05) is 36.6 Å². The maximum Gasteiger partial charge on any atom is 0.387 e. The van der Waals surface area contributed by atoms with Crippen LogP contribution in [0, 0.1) is 6.92 Å². The molecule has 0 unspecified atom stereocenters. The molecule has 0 spiro atoms. The molecule has 0 atom stereocenters. The number of benzene rings is 2. The number of hydrogen-bond donors (Lipinski definition) is 0. The minimum Gasteiger partial charge on any atom is -0.493 e. The molecule has 3 rings (SSSR count). The Labute approximate surface area is 154 Å². The number of thiazole rings is 1. The van der Waals surface area contributed by atoms with Gasteiger partial charge in [0.25, 0.3) is 0 Å². The molecule has 0 radical (unpaired) electrons. The summed E-state index contributed by atoms with van der Waals surface area (Å²) in [5.41, 5.74) is 3.60. The maximum absolute atomic E-state index is 12.7. The van der Waals surface area contributed by atoms with Crippen molar-refractivity contribution in [1.29, 1.82) is 0 Å².